The first-order chi connectivity index (χ1) is 12.4. The van der Waals surface area contributed by atoms with Crippen LogP contribution in [-0.4, -0.2) is 45.9 Å². The number of hydrogen-bond acceptors (Lipinski definition) is 4. The van der Waals surface area contributed by atoms with Crippen LogP contribution in [-0.2, 0) is 11.8 Å². The lowest BCUT2D eigenvalue weighted by Gasteiger charge is -2.30. The topological polar surface area (TPSA) is 67.3 Å². The molecule has 0 aliphatic carbocycles. The molecule has 0 radical (unpaired) electrons. The molecule has 1 aliphatic rings. The molecule has 1 aliphatic heterocycles. The average Bonchev–Trinajstić information content (AvgIpc) is 3.32. The molecular weight excluding hydrogens is 330 g/mol. The van der Waals surface area contributed by atoms with Crippen molar-refractivity contribution >= 4 is 11.8 Å². The zero-order valence-electron chi connectivity index (χ0n) is 16.1. The molecule has 3 rings (SSSR count). The fourth-order valence-corrected chi connectivity index (χ4v) is 4.15. The number of Topliss-reactive ketones (excluding diaryl/α,β-unsaturated/α-hetero) is 1. The van der Waals surface area contributed by atoms with E-state index in [0.29, 0.717) is 22.5 Å². The van der Waals surface area contributed by atoms with Crippen molar-refractivity contribution in [3.8, 4) is 0 Å². The summed E-state index contributed by atoms with van der Waals surface area (Å²) in [6.45, 7) is 6.44. The number of aromatic nitrogens is 2. The summed E-state index contributed by atoms with van der Waals surface area (Å²) in [5, 5.41) is 0. The number of esters is 1. The molecule has 3 heterocycles. The molecule has 0 aromatic carbocycles. The van der Waals surface area contributed by atoms with Crippen LogP contribution < -0.4 is 0 Å². The van der Waals surface area contributed by atoms with Crippen molar-refractivity contribution in [2.75, 3.05) is 13.7 Å². The third-order valence-corrected chi connectivity index (χ3v) is 5.57. The summed E-state index contributed by atoms with van der Waals surface area (Å²) in [5.74, 6) is -0.396. The van der Waals surface area contributed by atoms with Gasteiger partial charge in [0.15, 0.2) is 5.78 Å². The Bertz CT molecular complexity index is 833. The Balaban J connectivity index is 1.88. The van der Waals surface area contributed by atoms with Gasteiger partial charge in [-0.2, -0.15) is 0 Å². The summed E-state index contributed by atoms with van der Waals surface area (Å²) in [7, 11) is 3.40. The Morgan fingerprint density at radius 2 is 2.08 bits per heavy atom. The van der Waals surface area contributed by atoms with Crippen LogP contribution in [0.4, 0.5) is 0 Å². The van der Waals surface area contributed by atoms with Crippen LogP contribution in [0.15, 0.2) is 18.3 Å². The summed E-state index contributed by atoms with van der Waals surface area (Å²) in [6.07, 6.45) is 4.16. The van der Waals surface area contributed by atoms with Crippen LogP contribution in [0.1, 0.15) is 63.6 Å². The number of ether oxygens (including phenoxy) is 1. The maximum absolute atomic E-state index is 13.2. The molecule has 0 amide bonds. The zero-order valence-corrected chi connectivity index (χ0v) is 16.1. The molecule has 26 heavy (non-hydrogen) atoms. The number of ketones is 1. The molecule has 1 saturated heterocycles. The van der Waals surface area contributed by atoms with Gasteiger partial charge < -0.3 is 14.3 Å². The second-order valence-corrected chi connectivity index (χ2v) is 7.10. The maximum Gasteiger partial charge on any atom is 0.339 e. The molecule has 1 N–H and O–H groups in total. The van der Waals surface area contributed by atoms with Gasteiger partial charge in [0, 0.05) is 24.6 Å². The van der Waals surface area contributed by atoms with E-state index in [0.717, 1.165) is 19.4 Å². The fraction of sp³-hybridized carbons (Fsp3) is 0.500. The molecule has 2 atom stereocenters. The lowest BCUT2D eigenvalue weighted by atomic mass is 10.0. The first-order valence-electron chi connectivity index (χ1n) is 9.05. The highest BCUT2D eigenvalue weighted by atomic mass is 16.5. The number of carbonyl (C=O) groups excluding carboxylic acids is 2. The third-order valence-electron chi connectivity index (χ3n) is 5.57. The van der Waals surface area contributed by atoms with E-state index >= 15 is 0 Å². The molecule has 2 aromatic rings. The van der Waals surface area contributed by atoms with Gasteiger partial charge in [-0.3, -0.25) is 9.69 Å². The first-order valence-corrected chi connectivity index (χ1v) is 9.05. The summed E-state index contributed by atoms with van der Waals surface area (Å²) in [5.41, 5.74) is 3.54. The largest absolute Gasteiger partial charge is 0.465 e. The molecule has 6 nitrogen and oxygen atoms in total. The highest BCUT2D eigenvalue weighted by Crippen LogP contribution is 2.34. The van der Waals surface area contributed by atoms with Gasteiger partial charge in [0.05, 0.1) is 30.5 Å². The van der Waals surface area contributed by atoms with Crippen LogP contribution in [0.3, 0.4) is 0 Å². The summed E-state index contributed by atoms with van der Waals surface area (Å²) in [6, 6.07) is 4.14. The van der Waals surface area contributed by atoms with Crippen LogP contribution in [0.5, 0.6) is 0 Å². The summed E-state index contributed by atoms with van der Waals surface area (Å²) >= 11 is 0. The number of rotatable bonds is 5. The molecule has 6 heteroatoms. The van der Waals surface area contributed by atoms with Crippen molar-refractivity contribution in [3.63, 3.8) is 0 Å². The molecule has 2 aromatic heterocycles. The SMILES string of the molecule is COC(=O)c1c(C)[nH]c(C(=O)[C@@H](C)N2CCC[C@@H]2c2cccn2C)c1C. The number of aromatic amines is 1. The molecule has 0 spiro atoms. The van der Waals surface area contributed by atoms with E-state index in [1.54, 1.807) is 13.8 Å². The normalized spacial score (nSPS) is 18.9. The highest BCUT2D eigenvalue weighted by molar-refractivity contribution is 6.03. The molecule has 1 fully saturated rings. The number of carbonyl (C=O) groups is 2. The number of aryl methyl sites for hydroxylation is 2. The second-order valence-electron chi connectivity index (χ2n) is 7.10. The number of nitrogens with zero attached hydrogens (tertiary/aromatic N) is 2. The van der Waals surface area contributed by atoms with Gasteiger partial charge in [-0.15, -0.1) is 0 Å². The van der Waals surface area contributed by atoms with E-state index in [4.69, 9.17) is 4.74 Å². The van der Waals surface area contributed by atoms with Gasteiger partial charge in [0.2, 0.25) is 0 Å². The van der Waals surface area contributed by atoms with Gasteiger partial charge in [-0.05, 0) is 57.9 Å². The number of hydrogen-bond donors (Lipinski definition) is 1. The van der Waals surface area contributed by atoms with Gasteiger partial charge in [0.1, 0.15) is 0 Å². The van der Waals surface area contributed by atoms with Gasteiger partial charge >= 0.3 is 5.97 Å². The van der Waals surface area contributed by atoms with E-state index in [-0.39, 0.29) is 17.9 Å². The first kappa shape index (κ1) is 18.5. The minimum Gasteiger partial charge on any atom is -0.465 e. The van der Waals surface area contributed by atoms with Crippen molar-refractivity contribution in [3.05, 3.63) is 46.5 Å². The maximum atomic E-state index is 13.2. The van der Waals surface area contributed by atoms with Crippen molar-refractivity contribution in [2.45, 2.75) is 45.7 Å². The van der Waals surface area contributed by atoms with Crippen molar-refractivity contribution in [1.29, 1.82) is 0 Å². The lowest BCUT2D eigenvalue weighted by Crippen LogP contribution is -2.39. The van der Waals surface area contributed by atoms with E-state index in [9.17, 15) is 9.59 Å². The Labute approximate surface area is 154 Å². The minimum absolute atomic E-state index is 0.0156. The predicted molar refractivity (Wildman–Crippen MR) is 99.5 cm³/mol. The van der Waals surface area contributed by atoms with E-state index in [2.05, 4.69) is 20.5 Å². The smallest absolute Gasteiger partial charge is 0.339 e. The minimum atomic E-state index is -0.411. The molecular formula is C20H27N3O3. The Hall–Kier alpha value is -2.34. The number of likely N-dealkylation sites (tertiary alicyclic amines) is 1. The fourth-order valence-electron chi connectivity index (χ4n) is 4.15. The standard InChI is InChI=1S/C20H27N3O3/c1-12-17(20(25)26-5)13(2)21-18(12)19(24)14(3)23-11-7-9-16(23)15-8-6-10-22(15)4/h6,8,10,14,16,21H,7,9,11H2,1-5H3/t14-,16-/m1/s1. The Morgan fingerprint density at radius 1 is 1.35 bits per heavy atom. The quantitative estimate of drug-likeness (QED) is 0.659. The molecule has 0 unspecified atom stereocenters. The molecule has 140 valence electrons. The number of H-pyrrole nitrogens is 1. The van der Waals surface area contributed by atoms with Crippen molar-refractivity contribution in [2.24, 2.45) is 7.05 Å². The zero-order chi connectivity index (χ0) is 19.0. The monoisotopic (exact) mass is 357 g/mol. The van der Waals surface area contributed by atoms with Crippen LogP contribution in [0.2, 0.25) is 0 Å². The molecule has 0 saturated carbocycles. The summed E-state index contributed by atoms with van der Waals surface area (Å²) < 4.78 is 6.97. The van der Waals surface area contributed by atoms with Crippen molar-refractivity contribution < 1.29 is 14.3 Å². The highest BCUT2D eigenvalue weighted by Gasteiger charge is 2.36. The van der Waals surface area contributed by atoms with Gasteiger partial charge in [-0.25, -0.2) is 4.79 Å². The van der Waals surface area contributed by atoms with Gasteiger partial charge in [0.25, 0.3) is 0 Å². The van der Waals surface area contributed by atoms with Gasteiger partial charge in [-0.1, -0.05) is 0 Å². The third kappa shape index (κ3) is 2.98. The van der Waals surface area contributed by atoms with Crippen LogP contribution in [0, 0.1) is 13.8 Å². The predicted octanol–water partition coefficient (Wildman–Crippen LogP) is 3.16. The van der Waals surface area contributed by atoms with Crippen LogP contribution >= 0.6 is 0 Å². The summed E-state index contributed by atoms with van der Waals surface area (Å²) in [4.78, 5) is 30.6. The second kappa shape index (κ2) is 7.11. The number of methoxy groups -OCH3 is 1. The Kier molecular flexibility index (Phi) is 5.05. The van der Waals surface area contributed by atoms with E-state index in [1.165, 1.54) is 12.8 Å². The van der Waals surface area contributed by atoms with E-state index in [1.807, 2.05) is 26.2 Å². The van der Waals surface area contributed by atoms with E-state index < -0.39 is 5.97 Å². The van der Waals surface area contributed by atoms with Crippen LogP contribution in [0.25, 0.3) is 0 Å². The average molecular weight is 357 g/mol. The Morgan fingerprint density at radius 3 is 2.69 bits per heavy atom. The number of nitrogens with one attached hydrogen (secondary N) is 1. The lowest BCUT2D eigenvalue weighted by molar-refractivity contribution is 0.0599. The van der Waals surface area contributed by atoms with Crippen molar-refractivity contribution in [1.82, 2.24) is 14.5 Å². The molecule has 0 bridgehead atoms.